The number of benzene rings is 1. The molecule has 100 valence electrons. The third-order valence-corrected chi connectivity index (χ3v) is 4.08. The van der Waals surface area contributed by atoms with Gasteiger partial charge in [0.25, 0.3) is 0 Å². The monoisotopic (exact) mass is 275 g/mol. The van der Waals surface area contributed by atoms with E-state index >= 15 is 0 Å². The number of para-hydroxylation sites is 2. The molecule has 1 aliphatic heterocycles. The van der Waals surface area contributed by atoms with Gasteiger partial charge in [0.1, 0.15) is 10.8 Å². The lowest BCUT2D eigenvalue weighted by Gasteiger charge is -2.22. The Kier molecular flexibility index (Phi) is 3.66. The summed E-state index contributed by atoms with van der Waals surface area (Å²) in [6.45, 7) is 3.10. The average molecular weight is 275 g/mol. The van der Waals surface area contributed by atoms with Crippen molar-refractivity contribution < 1.29 is 4.74 Å². The Morgan fingerprint density at radius 2 is 2.26 bits per heavy atom. The molecule has 2 aromatic rings. The number of aromatic nitrogens is 1. The van der Waals surface area contributed by atoms with Crippen molar-refractivity contribution in [1.82, 2.24) is 4.98 Å². The van der Waals surface area contributed by atoms with Crippen LogP contribution in [0.4, 0.5) is 5.69 Å². The smallest absolute Gasteiger partial charge is 0.142 e. The van der Waals surface area contributed by atoms with Gasteiger partial charge in [0.2, 0.25) is 0 Å². The first-order valence-corrected chi connectivity index (χ1v) is 7.35. The van der Waals surface area contributed by atoms with E-state index in [1.165, 1.54) is 0 Å². The lowest BCUT2D eigenvalue weighted by molar-refractivity contribution is 0.322. The molecule has 0 bridgehead atoms. The maximum Gasteiger partial charge on any atom is 0.142 e. The van der Waals surface area contributed by atoms with Crippen molar-refractivity contribution in [2.75, 3.05) is 18.1 Å². The van der Waals surface area contributed by atoms with E-state index in [1.807, 2.05) is 18.2 Å². The summed E-state index contributed by atoms with van der Waals surface area (Å²) >= 11 is 1.63. The summed E-state index contributed by atoms with van der Waals surface area (Å²) in [7, 11) is 0. The largest absolute Gasteiger partial charge is 0.491 e. The normalized spacial score (nSPS) is 14.7. The molecule has 0 radical (unpaired) electrons. The van der Waals surface area contributed by atoms with Crippen LogP contribution in [0.5, 0.6) is 5.75 Å². The van der Waals surface area contributed by atoms with Gasteiger partial charge in [-0.25, -0.2) is 4.98 Å². The first kappa shape index (κ1) is 12.4. The van der Waals surface area contributed by atoms with E-state index in [-0.39, 0.29) is 0 Å². The Balaban J connectivity index is 1.83. The first-order valence-electron chi connectivity index (χ1n) is 6.47. The van der Waals surface area contributed by atoms with Gasteiger partial charge in [-0.1, -0.05) is 12.1 Å². The number of nitrogens with two attached hydrogens (primary N) is 1. The Bertz CT molecular complexity index is 555. The number of ether oxygens (including phenoxy) is 1. The summed E-state index contributed by atoms with van der Waals surface area (Å²) in [4.78, 5) is 6.87. The molecule has 0 saturated heterocycles. The number of nitrogens with zero attached hydrogens (tertiary/aromatic N) is 2. The molecule has 5 heteroatoms. The van der Waals surface area contributed by atoms with E-state index in [9.17, 15) is 0 Å². The first-order chi connectivity index (χ1) is 9.36. The van der Waals surface area contributed by atoms with E-state index in [0.29, 0.717) is 6.54 Å². The lowest BCUT2D eigenvalue weighted by atomic mass is 10.2. The molecular weight excluding hydrogens is 258 g/mol. The van der Waals surface area contributed by atoms with Gasteiger partial charge in [-0.15, -0.1) is 11.3 Å². The minimum absolute atomic E-state index is 0.518. The molecule has 3 rings (SSSR count). The van der Waals surface area contributed by atoms with Crippen LogP contribution in [0.3, 0.4) is 0 Å². The number of hydrogen-bond acceptors (Lipinski definition) is 5. The van der Waals surface area contributed by atoms with Crippen LogP contribution in [0, 0.1) is 0 Å². The third-order valence-electron chi connectivity index (χ3n) is 3.16. The molecule has 1 aromatic heterocycles. The Labute approximate surface area is 116 Å². The standard InChI is InChI=1S/C14H17N3OS/c15-8-14-16-11(10-19-14)9-17-6-3-7-18-13-5-2-1-4-12(13)17/h1-2,4-5,10H,3,6-9,15H2. The van der Waals surface area contributed by atoms with Gasteiger partial charge >= 0.3 is 0 Å². The summed E-state index contributed by atoms with van der Waals surface area (Å²) in [5.74, 6) is 0.967. The van der Waals surface area contributed by atoms with Gasteiger partial charge in [0, 0.05) is 18.5 Å². The molecule has 0 aliphatic carbocycles. The van der Waals surface area contributed by atoms with Crippen molar-refractivity contribution in [2.45, 2.75) is 19.5 Å². The summed E-state index contributed by atoms with van der Waals surface area (Å²) in [5, 5.41) is 3.09. The Morgan fingerprint density at radius 1 is 1.37 bits per heavy atom. The van der Waals surface area contributed by atoms with Crippen molar-refractivity contribution >= 4 is 17.0 Å². The van der Waals surface area contributed by atoms with Gasteiger partial charge in [-0.2, -0.15) is 0 Å². The number of fused-ring (bicyclic) bond motifs is 1. The molecule has 1 aromatic carbocycles. The van der Waals surface area contributed by atoms with Gasteiger partial charge in [-0.05, 0) is 18.6 Å². The Hall–Kier alpha value is -1.59. The van der Waals surface area contributed by atoms with Crippen molar-refractivity contribution in [2.24, 2.45) is 5.73 Å². The molecule has 4 nitrogen and oxygen atoms in total. The third kappa shape index (κ3) is 2.72. The lowest BCUT2D eigenvalue weighted by Crippen LogP contribution is -2.23. The molecule has 0 fully saturated rings. The second-order valence-electron chi connectivity index (χ2n) is 4.53. The number of hydrogen-bond donors (Lipinski definition) is 1. The highest BCUT2D eigenvalue weighted by molar-refractivity contribution is 7.09. The Morgan fingerprint density at radius 3 is 3.11 bits per heavy atom. The summed E-state index contributed by atoms with van der Waals surface area (Å²) in [5.41, 5.74) is 7.85. The highest BCUT2D eigenvalue weighted by Gasteiger charge is 2.16. The topological polar surface area (TPSA) is 51.4 Å². The van der Waals surface area contributed by atoms with Crippen molar-refractivity contribution in [3.8, 4) is 5.75 Å². The minimum Gasteiger partial charge on any atom is -0.491 e. The van der Waals surface area contributed by atoms with E-state index < -0.39 is 0 Å². The molecule has 0 atom stereocenters. The second kappa shape index (κ2) is 5.59. The van der Waals surface area contributed by atoms with Gasteiger partial charge in [0.05, 0.1) is 24.5 Å². The highest BCUT2D eigenvalue weighted by atomic mass is 32.1. The molecule has 2 heterocycles. The molecule has 19 heavy (non-hydrogen) atoms. The zero-order chi connectivity index (χ0) is 13.1. The van der Waals surface area contributed by atoms with Crippen LogP contribution in [-0.2, 0) is 13.1 Å². The zero-order valence-corrected chi connectivity index (χ0v) is 11.5. The predicted molar refractivity (Wildman–Crippen MR) is 77.6 cm³/mol. The molecule has 0 amide bonds. The van der Waals surface area contributed by atoms with Crippen LogP contribution in [0.25, 0.3) is 0 Å². The van der Waals surface area contributed by atoms with Crippen LogP contribution in [-0.4, -0.2) is 18.1 Å². The number of thiazole rings is 1. The molecule has 2 N–H and O–H groups in total. The highest BCUT2D eigenvalue weighted by Crippen LogP contribution is 2.31. The van der Waals surface area contributed by atoms with Crippen LogP contribution < -0.4 is 15.4 Å². The van der Waals surface area contributed by atoms with Crippen molar-refractivity contribution in [3.63, 3.8) is 0 Å². The fraction of sp³-hybridized carbons (Fsp3) is 0.357. The number of rotatable bonds is 3. The van der Waals surface area contributed by atoms with Gasteiger partial charge < -0.3 is 15.4 Å². The fourth-order valence-corrected chi connectivity index (χ4v) is 2.94. The van der Waals surface area contributed by atoms with Gasteiger partial charge in [0.15, 0.2) is 0 Å². The molecule has 0 saturated carbocycles. The van der Waals surface area contributed by atoms with E-state index in [4.69, 9.17) is 10.5 Å². The fourth-order valence-electron chi connectivity index (χ4n) is 2.27. The van der Waals surface area contributed by atoms with Gasteiger partial charge in [-0.3, -0.25) is 0 Å². The predicted octanol–water partition coefficient (Wildman–Crippen LogP) is 2.39. The zero-order valence-electron chi connectivity index (χ0n) is 10.7. The molecular formula is C14H17N3OS. The van der Waals surface area contributed by atoms with Crippen LogP contribution in [0.2, 0.25) is 0 Å². The quantitative estimate of drug-likeness (QED) is 0.934. The summed E-state index contributed by atoms with van der Waals surface area (Å²) < 4.78 is 5.76. The van der Waals surface area contributed by atoms with E-state index in [2.05, 4.69) is 21.3 Å². The van der Waals surface area contributed by atoms with E-state index in [0.717, 1.165) is 48.3 Å². The molecule has 0 spiro atoms. The maximum absolute atomic E-state index is 5.76. The maximum atomic E-state index is 5.76. The molecule has 0 unspecified atom stereocenters. The average Bonchev–Trinajstić information content (AvgIpc) is 2.80. The van der Waals surface area contributed by atoms with Crippen LogP contribution >= 0.6 is 11.3 Å². The SMILES string of the molecule is NCc1nc(CN2CCCOc3ccccc32)cs1. The van der Waals surface area contributed by atoms with Crippen LogP contribution in [0.1, 0.15) is 17.1 Å². The van der Waals surface area contributed by atoms with Crippen molar-refractivity contribution in [1.29, 1.82) is 0 Å². The van der Waals surface area contributed by atoms with E-state index in [1.54, 1.807) is 11.3 Å². The summed E-state index contributed by atoms with van der Waals surface area (Å²) in [6.07, 6.45) is 1.03. The summed E-state index contributed by atoms with van der Waals surface area (Å²) in [6, 6.07) is 8.20. The molecule has 1 aliphatic rings. The van der Waals surface area contributed by atoms with Crippen LogP contribution in [0.15, 0.2) is 29.6 Å². The van der Waals surface area contributed by atoms with Crippen molar-refractivity contribution in [3.05, 3.63) is 40.3 Å². The minimum atomic E-state index is 0.518. The second-order valence-corrected chi connectivity index (χ2v) is 5.47. The number of anilines is 1.